The maximum absolute atomic E-state index is 13.2. The largest absolute Gasteiger partial charge is 0.472 e. The Bertz CT molecular complexity index is 3550. The molecule has 6 aromatic carbocycles. The average molecular weight is 1380 g/mol. The summed E-state index contributed by atoms with van der Waals surface area (Å²) in [5.74, 6) is -8.52. The van der Waals surface area contributed by atoms with E-state index in [2.05, 4.69) is 46.5 Å². The first-order valence-corrected chi connectivity index (χ1v) is 29.7. The molecule has 0 fully saturated rings. The minimum absolute atomic E-state index is 0.123. The fraction of sp³-hybridized carbons (Fsp3) is 0.231. The van der Waals surface area contributed by atoms with Crippen molar-refractivity contribution in [3.05, 3.63) is 180 Å². The van der Waals surface area contributed by atoms with Crippen LogP contribution in [0.1, 0.15) is 22.3 Å². The SMILES string of the molecule is CB(O)NCc1cccc(N(NC(=O)C(F)(F)F)S(=O)(=O)c2ccccc2)c1.CB(O)NCc1cccc(N/N=C(\OS(=O)(=O)c2ccccc2)C(F)(F)F)c1.CB(O)NCc1cccc(NNC(=O)C(F)(F)F)c1.CB(O)NCc1cccc(NNC(=O)C(F)(F)F)c1. The van der Waals surface area contributed by atoms with E-state index in [0.717, 1.165) is 23.3 Å². The highest BCUT2D eigenvalue weighted by atomic mass is 32.2. The van der Waals surface area contributed by atoms with Gasteiger partial charge in [-0.15, -0.1) is 5.10 Å². The van der Waals surface area contributed by atoms with E-state index in [1.807, 2.05) is 0 Å². The molecular formula is C52H60B4F12N12O12S2. The zero-order valence-electron chi connectivity index (χ0n) is 49.5. The molecule has 0 saturated carbocycles. The normalized spacial score (nSPS) is 11.7. The Morgan fingerprint density at radius 3 is 1.15 bits per heavy atom. The second kappa shape index (κ2) is 36.7. The van der Waals surface area contributed by atoms with Gasteiger partial charge in [-0.2, -0.15) is 73.9 Å². The van der Waals surface area contributed by atoms with E-state index < -0.39 is 102 Å². The number of hydrazine groups is 3. The molecule has 0 unspecified atom stereocenters. The summed E-state index contributed by atoms with van der Waals surface area (Å²) in [6.45, 7) is 7.17. The van der Waals surface area contributed by atoms with Crippen molar-refractivity contribution in [1.29, 1.82) is 0 Å². The van der Waals surface area contributed by atoms with Crippen LogP contribution in [0.4, 0.5) is 75.4 Å². The molecule has 94 heavy (non-hydrogen) atoms. The number of hydrogen-bond donors (Lipinski definition) is 14. The topological polar surface area (TPSA) is 346 Å². The maximum Gasteiger partial charge on any atom is 0.472 e. The van der Waals surface area contributed by atoms with Crippen LogP contribution in [-0.4, -0.2) is 113 Å². The standard InChI is InChI=1S/2C16H17BF3N3O4S.2C10H13BF3N3O2/c1-17(25)21-11-12-6-5-7-13(10-12)23(22-15(24)16(18,19)20)28(26,27)14-8-3-2-4-9-14;1-17(24)21-11-12-6-5-7-13(10-12)22-23-15(16(18,19)20)27-28(25,26)14-8-3-2-4-9-14;2*1-11(19)15-6-7-3-2-4-8(5-7)16-17-9(18)10(12,13)14/h2-10,21,25H,11H2,1H3,(H,22,24);2-10,21-22,24H,11H2,1H3;2*2-5,15-16,19H,6H2,1H3,(H,17,18)/b;23-15-;;. The lowest BCUT2D eigenvalue weighted by Crippen LogP contribution is -2.51. The predicted molar refractivity (Wildman–Crippen MR) is 326 cm³/mol. The predicted octanol–water partition coefficient (Wildman–Crippen LogP) is 6.04. The number of alkyl halides is 12. The number of hydrogen-bond acceptors (Lipinski definition) is 20. The molecule has 0 aliphatic rings. The van der Waals surface area contributed by atoms with Crippen LogP contribution in [0.25, 0.3) is 0 Å². The fourth-order valence-electron chi connectivity index (χ4n) is 6.62. The van der Waals surface area contributed by atoms with Gasteiger partial charge in [-0.25, -0.2) is 5.43 Å². The van der Waals surface area contributed by atoms with Gasteiger partial charge in [0.1, 0.15) is 4.90 Å². The molecular weight excluding hydrogens is 1320 g/mol. The highest BCUT2D eigenvalue weighted by molar-refractivity contribution is 7.92. The number of hydrazone groups is 1. The molecule has 0 bridgehead atoms. The summed E-state index contributed by atoms with van der Waals surface area (Å²) in [5, 5.41) is 50.5. The lowest BCUT2D eigenvalue weighted by atomic mass is 9.88. The summed E-state index contributed by atoms with van der Waals surface area (Å²) in [5.41, 5.74) is 14.2. The van der Waals surface area contributed by atoms with Crippen molar-refractivity contribution in [1.82, 2.24) is 37.2 Å². The minimum atomic E-state index is -5.28. The van der Waals surface area contributed by atoms with Gasteiger partial charge in [0, 0.05) is 26.2 Å². The number of carbonyl (C=O) groups is 3. The Kier molecular flexibility index (Phi) is 31.1. The maximum atomic E-state index is 13.2. The van der Waals surface area contributed by atoms with Crippen LogP contribution >= 0.6 is 0 Å². The lowest BCUT2D eigenvalue weighted by Gasteiger charge is -2.25. The summed E-state index contributed by atoms with van der Waals surface area (Å²) >= 11 is 0. The number of rotatable bonds is 24. The van der Waals surface area contributed by atoms with Gasteiger partial charge in [0.2, 0.25) is 0 Å². The van der Waals surface area contributed by atoms with Gasteiger partial charge < -0.3 is 45.2 Å². The molecule has 14 N–H and O–H groups in total. The van der Waals surface area contributed by atoms with Crippen LogP contribution in [-0.2, 0) is 64.9 Å². The van der Waals surface area contributed by atoms with Gasteiger partial charge in [0.05, 0.1) is 27.6 Å². The van der Waals surface area contributed by atoms with Gasteiger partial charge in [0.15, 0.2) is 0 Å². The van der Waals surface area contributed by atoms with Crippen molar-refractivity contribution in [3.63, 3.8) is 0 Å². The van der Waals surface area contributed by atoms with Gasteiger partial charge in [0.25, 0.3) is 10.0 Å². The molecule has 6 rings (SSSR count). The Hall–Kier alpha value is -8.60. The van der Waals surface area contributed by atoms with E-state index >= 15 is 0 Å². The second-order valence-corrected chi connectivity index (χ2v) is 22.4. The van der Waals surface area contributed by atoms with E-state index in [-0.39, 0.29) is 33.8 Å². The van der Waals surface area contributed by atoms with Crippen LogP contribution in [0.5, 0.6) is 0 Å². The van der Waals surface area contributed by atoms with Crippen LogP contribution in [0.3, 0.4) is 0 Å². The third-order valence-electron chi connectivity index (χ3n) is 11.0. The number of carbonyl (C=O) groups excluding carboxylic acids is 3. The van der Waals surface area contributed by atoms with Gasteiger partial charge in [-0.3, -0.25) is 41.5 Å². The first kappa shape index (κ1) is 79.6. The van der Waals surface area contributed by atoms with Crippen molar-refractivity contribution in [2.75, 3.05) is 20.7 Å². The molecule has 0 aliphatic carbocycles. The van der Waals surface area contributed by atoms with Gasteiger partial charge >= 0.3 is 86.6 Å². The molecule has 0 radical (unpaired) electrons. The summed E-state index contributed by atoms with van der Waals surface area (Å²) < 4.78 is 204. The second-order valence-electron chi connectivity index (χ2n) is 19.1. The summed E-state index contributed by atoms with van der Waals surface area (Å²) in [7, 11) is -12.2. The van der Waals surface area contributed by atoms with Crippen LogP contribution in [0.15, 0.2) is 173 Å². The van der Waals surface area contributed by atoms with Crippen molar-refractivity contribution in [3.8, 4) is 0 Å². The quantitative estimate of drug-likeness (QED) is 0.00820. The smallest absolute Gasteiger partial charge is 0.437 e. The molecule has 508 valence electrons. The van der Waals surface area contributed by atoms with E-state index in [1.54, 1.807) is 85.2 Å². The number of sulfonamides is 1. The molecule has 0 atom stereocenters. The highest BCUT2D eigenvalue weighted by Gasteiger charge is 2.44. The zero-order chi connectivity index (χ0) is 70.7. The molecule has 0 aliphatic heterocycles. The molecule has 24 nitrogen and oxygen atoms in total. The Labute approximate surface area is 531 Å². The third kappa shape index (κ3) is 30.0. The van der Waals surface area contributed by atoms with Crippen LogP contribution < -0.4 is 57.9 Å². The van der Waals surface area contributed by atoms with Gasteiger partial charge in [-0.05, 0) is 122 Å². The van der Waals surface area contributed by atoms with E-state index in [9.17, 15) is 94.0 Å². The summed E-state index contributed by atoms with van der Waals surface area (Å²) in [6.07, 6.45) is -20.3. The first-order chi connectivity index (χ1) is 43.7. The van der Waals surface area contributed by atoms with E-state index in [1.165, 1.54) is 104 Å². The molecule has 3 amide bonds. The Morgan fingerprint density at radius 1 is 0.447 bits per heavy atom. The molecule has 0 spiro atoms. The Balaban J connectivity index is 0.000000333. The third-order valence-corrected chi connectivity index (χ3v) is 13.9. The van der Waals surface area contributed by atoms with E-state index in [0.29, 0.717) is 35.6 Å². The molecule has 0 saturated heterocycles. The van der Waals surface area contributed by atoms with Gasteiger partial charge in [-0.1, -0.05) is 84.9 Å². The number of nitrogens with one attached hydrogen (secondary N) is 10. The number of nitrogens with zero attached hydrogens (tertiary/aromatic N) is 2. The number of anilines is 4. The molecule has 6 aromatic rings. The summed E-state index contributed by atoms with van der Waals surface area (Å²) in [6, 6.07) is 37.6. The molecule has 0 aromatic heterocycles. The molecule has 42 heteroatoms. The van der Waals surface area contributed by atoms with Crippen LogP contribution in [0, 0.1) is 0 Å². The average Bonchev–Trinajstić information content (AvgIpc) is 0.836. The first-order valence-electron chi connectivity index (χ1n) is 26.8. The monoisotopic (exact) mass is 1380 g/mol. The molecule has 0 heterocycles. The number of benzene rings is 6. The minimum Gasteiger partial charge on any atom is -0.437 e. The van der Waals surface area contributed by atoms with Crippen molar-refractivity contribution < 1.29 is 108 Å². The zero-order valence-corrected chi connectivity index (χ0v) is 51.1. The van der Waals surface area contributed by atoms with Crippen LogP contribution in [0.2, 0.25) is 27.3 Å². The van der Waals surface area contributed by atoms with E-state index in [4.69, 9.17) is 10.0 Å². The highest BCUT2D eigenvalue weighted by Crippen LogP contribution is 2.27. The number of halogens is 12. The number of amides is 3. The van der Waals surface area contributed by atoms with Crippen molar-refractivity contribution in [2.45, 2.75) is 88.0 Å². The summed E-state index contributed by atoms with van der Waals surface area (Å²) in [4.78, 5) is 31.9. The van der Waals surface area contributed by atoms with Crippen molar-refractivity contribution >= 4 is 94.7 Å². The fourth-order valence-corrected chi connectivity index (χ4v) is 8.86. The Morgan fingerprint density at radius 2 is 0.787 bits per heavy atom. The lowest BCUT2D eigenvalue weighted by molar-refractivity contribution is -0.173. The van der Waals surface area contributed by atoms with Crippen molar-refractivity contribution in [2.24, 2.45) is 5.10 Å².